The lowest BCUT2D eigenvalue weighted by Gasteiger charge is -2.29. The quantitative estimate of drug-likeness (QED) is 0.497. The molecule has 0 atom stereocenters. The summed E-state index contributed by atoms with van der Waals surface area (Å²) in [6, 6.07) is 2.24. The number of alkyl halides is 3. The van der Waals surface area contributed by atoms with Crippen molar-refractivity contribution in [1.29, 1.82) is 0 Å². The van der Waals surface area contributed by atoms with Gasteiger partial charge in [0.1, 0.15) is 17.3 Å². The van der Waals surface area contributed by atoms with Gasteiger partial charge in [0.2, 0.25) is 11.7 Å². The molecule has 0 unspecified atom stereocenters. The van der Waals surface area contributed by atoms with Gasteiger partial charge in [-0.05, 0) is 18.9 Å². The van der Waals surface area contributed by atoms with Crippen molar-refractivity contribution in [3.63, 3.8) is 0 Å². The molecule has 34 heavy (non-hydrogen) atoms. The largest absolute Gasteiger partial charge is 0.461 e. The van der Waals surface area contributed by atoms with Crippen LogP contribution < -0.4 is 9.64 Å². The zero-order valence-corrected chi connectivity index (χ0v) is 19.5. The smallest absolute Gasteiger partial charge is 0.451 e. The Balaban J connectivity index is 1.42. The SMILES string of the molecule is CCCc1cc2c(N3CCn4c(nnc4C(F)(F)F)C3)nc(OCCN3CCCC3=O)nc2s1. The van der Waals surface area contributed by atoms with Gasteiger partial charge < -0.3 is 19.1 Å². The second kappa shape index (κ2) is 9.01. The molecule has 0 spiro atoms. The molecule has 3 aromatic rings. The molecule has 1 amide bonds. The number of aromatic nitrogens is 5. The fraction of sp³-hybridized carbons (Fsp3) is 0.571. The summed E-state index contributed by atoms with van der Waals surface area (Å²) < 4.78 is 46.6. The molecule has 5 rings (SSSR count). The molecule has 2 aliphatic rings. The van der Waals surface area contributed by atoms with Gasteiger partial charge in [-0.25, -0.2) is 0 Å². The van der Waals surface area contributed by atoms with Crippen molar-refractivity contribution in [3.8, 4) is 6.01 Å². The first kappa shape index (κ1) is 22.8. The van der Waals surface area contributed by atoms with Crippen LogP contribution in [0, 0.1) is 0 Å². The number of aryl methyl sites for hydroxylation is 1. The van der Waals surface area contributed by atoms with Crippen LogP contribution in [0.25, 0.3) is 10.2 Å². The van der Waals surface area contributed by atoms with Gasteiger partial charge in [0.25, 0.3) is 0 Å². The van der Waals surface area contributed by atoms with E-state index in [1.165, 1.54) is 0 Å². The van der Waals surface area contributed by atoms with Gasteiger partial charge in [-0.3, -0.25) is 4.79 Å². The molecular weight excluding hydrogens is 471 g/mol. The monoisotopic (exact) mass is 495 g/mol. The first-order valence-corrected chi connectivity index (χ1v) is 12.1. The van der Waals surface area contributed by atoms with E-state index in [-0.39, 0.29) is 37.4 Å². The summed E-state index contributed by atoms with van der Waals surface area (Å²) in [5.74, 6) is -0.00182. The Bertz CT molecular complexity index is 1210. The number of ether oxygens (including phenoxy) is 1. The minimum atomic E-state index is -4.55. The average molecular weight is 496 g/mol. The van der Waals surface area contributed by atoms with Crippen molar-refractivity contribution < 1.29 is 22.7 Å². The maximum atomic E-state index is 13.2. The summed E-state index contributed by atoms with van der Waals surface area (Å²) in [5, 5.41) is 7.99. The van der Waals surface area contributed by atoms with E-state index >= 15 is 0 Å². The lowest BCUT2D eigenvalue weighted by Crippen LogP contribution is -2.36. The molecule has 9 nitrogen and oxygen atoms in total. The van der Waals surface area contributed by atoms with E-state index in [1.54, 1.807) is 16.2 Å². The Morgan fingerprint density at radius 1 is 1.18 bits per heavy atom. The number of anilines is 1. The molecule has 5 heterocycles. The van der Waals surface area contributed by atoms with Crippen LogP contribution in [-0.4, -0.2) is 61.8 Å². The molecule has 3 aromatic heterocycles. The predicted molar refractivity (Wildman–Crippen MR) is 119 cm³/mol. The van der Waals surface area contributed by atoms with Crippen molar-refractivity contribution in [1.82, 2.24) is 29.6 Å². The Labute approximate surface area is 197 Å². The Hall–Kier alpha value is -2.96. The second-order valence-electron chi connectivity index (χ2n) is 8.35. The third kappa shape index (κ3) is 4.40. The fourth-order valence-electron chi connectivity index (χ4n) is 4.35. The minimum Gasteiger partial charge on any atom is -0.461 e. The van der Waals surface area contributed by atoms with Crippen LogP contribution >= 0.6 is 11.3 Å². The van der Waals surface area contributed by atoms with E-state index in [9.17, 15) is 18.0 Å². The minimum absolute atomic E-state index is 0.0991. The predicted octanol–water partition coefficient (Wildman–Crippen LogP) is 3.28. The molecular formula is C21H24F3N7O2S. The first-order valence-electron chi connectivity index (χ1n) is 11.3. The summed E-state index contributed by atoms with van der Waals surface area (Å²) >= 11 is 1.56. The van der Waals surface area contributed by atoms with Crippen molar-refractivity contribution in [2.75, 3.05) is 31.1 Å². The van der Waals surface area contributed by atoms with E-state index in [4.69, 9.17) is 4.74 Å². The summed E-state index contributed by atoms with van der Waals surface area (Å²) in [5.41, 5.74) is 0. The van der Waals surface area contributed by atoms with Crippen molar-refractivity contribution in [3.05, 3.63) is 22.6 Å². The van der Waals surface area contributed by atoms with Crippen LogP contribution in [0.2, 0.25) is 0 Å². The highest BCUT2D eigenvalue weighted by Crippen LogP contribution is 2.36. The number of hydrogen-bond acceptors (Lipinski definition) is 8. The number of carbonyl (C=O) groups excluding carboxylic acids is 1. The van der Waals surface area contributed by atoms with E-state index in [1.807, 2.05) is 11.0 Å². The highest BCUT2D eigenvalue weighted by atomic mass is 32.1. The van der Waals surface area contributed by atoms with Crippen LogP contribution in [0.1, 0.15) is 42.7 Å². The topological polar surface area (TPSA) is 89.3 Å². The number of amides is 1. The summed E-state index contributed by atoms with van der Waals surface area (Å²) in [7, 11) is 0. The van der Waals surface area contributed by atoms with Gasteiger partial charge in [-0.1, -0.05) is 13.3 Å². The number of thiophene rings is 1. The van der Waals surface area contributed by atoms with Crippen LogP contribution in [0.3, 0.4) is 0 Å². The normalized spacial score (nSPS) is 16.5. The van der Waals surface area contributed by atoms with Crippen molar-refractivity contribution >= 4 is 33.3 Å². The Kier molecular flexibility index (Phi) is 6.04. The lowest BCUT2D eigenvalue weighted by atomic mass is 10.2. The van der Waals surface area contributed by atoms with Gasteiger partial charge >= 0.3 is 12.2 Å². The lowest BCUT2D eigenvalue weighted by molar-refractivity contribution is -0.147. The molecule has 0 N–H and O–H groups in total. The fourth-order valence-corrected chi connectivity index (χ4v) is 5.46. The number of halogens is 3. The summed E-state index contributed by atoms with van der Waals surface area (Å²) in [4.78, 5) is 26.6. The van der Waals surface area contributed by atoms with Gasteiger partial charge in [0, 0.05) is 30.9 Å². The van der Waals surface area contributed by atoms with Crippen LogP contribution in [0.15, 0.2) is 6.07 Å². The maximum absolute atomic E-state index is 13.2. The summed E-state index contributed by atoms with van der Waals surface area (Å²) in [6.07, 6.45) is -1.24. The number of rotatable bonds is 7. The molecule has 1 fully saturated rings. The highest BCUT2D eigenvalue weighted by molar-refractivity contribution is 7.18. The van der Waals surface area contributed by atoms with Gasteiger partial charge in [0.05, 0.1) is 18.5 Å². The molecule has 0 aromatic carbocycles. The number of likely N-dealkylation sites (tertiary alicyclic amines) is 1. The van der Waals surface area contributed by atoms with Gasteiger partial charge in [-0.2, -0.15) is 23.1 Å². The van der Waals surface area contributed by atoms with E-state index in [2.05, 4.69) is 27.1 Å². The molecule has 2 aliphatic heterocycles. The number of carbonyl (C=O) groups is 1. The number of fused-ring (bicyclic) bond motifs is 2. The molecule has 1 saturated heterocycles. The zero-order chi connectivity index (χ0) is 23.9. The highest BCUT2D eigenvalue weighted by Gasteiger charge is 2.39. The van der Waals surface area contributed by atoms with Crippen LogP contribution in [0.4, 0.5) is 19.0 Å². The molecule has 13 heteroatoms. The molecule has 0 bridgehead atoms. The van der Waals surface area contributed by atoms with Gasteiger partial charge in [0.15, 0.2) is 5.82 Å². The second-order valence-corrected chi connectivity index (χ2v) is 9.47. The number of hydrogen-bond donors (Lipinski definition) is 0. The first-order chi connectivity index (χ1) is 16.3. The van der Waals surface area contributed by atoms with E-state index in [0.29, 0.717) is 25.3 Å². The maximum Gasteiger partial charge on any atom is 0.451 e. The third-order valence-corrected chi connectivity index (χ3v) is 7.06. The molecule has 0 saturated carbocycles. The molecule has 0 radical (unpaired) electrons. The van der Waals surface area contributed by atoms with E-state index in [0.717, 1.165) is 45.5 Å². The van der Waals surface area contributed by atoms with E-state index < -0.39 is 12.0 Å². The van der Waals surface area contributed by atoms with Crippen molar-refractivity contribution in [2.45, 2.75) is 51.9 Å². The standard InChI is InChI=1S/C21H24F3N7O2S/c1-2-4-13-11-14-17(30-7-8-31-15(12-30)27-28-19(31)21(22,23)24)25-20(26-18(14)34-13)33-10-9-29-6-3-5-16(29)32/h11H,2-10,12H2,1H3. The Morgan fingerprint density at radius 2 is 2.03 bits per heavy atom. The molecule has 0 aliphatic carbocycles. The molecule has 182 valence electrons. The number of nitrogens with zero attached hydrogens (tertiary/aromatic N) is 7. The third-order valence-electron chi connectivity index (χ3n) is 5.97. The zero-order valence-electron chi connectivity index (χ0n) is 18.6. The van der Waals surface area contributed by atoms with Crippen LogP contribution in [-0.2, 0) is 30.5 Å². The Morgan fingerprint density at radius 3 is 2.76 bits per heavy atom. The van der Waals surface area contributed by atoms with Gasteiger partial charge in [-0.15, -0.1) is 21.5 Å². The van der Waals surface area contributed by atoms with Crippen LogP contribution in [0.5, 0.6) is 6.01 Å². The van der Waals surface area contributed by atoms with Crippen molar-refractivity contribution in [2.24, 2.45) is 0 Å². The average Bonchev–Trinajstić information content (AvgIpc) is 3.50. The summed E-state index contributed by atoms with van der Waals surface area (Å²) in [6.45, 7) is 4.13.